The van der Waals surface area contributed by atoms with E-state index >= 15 is 0 Å². The van der Waals surface area contributed by atoms with E-state index in [1.165, 1.54) is 22.9 Å². The fourth-order valence-electron chi connectivity index (χ4n) is 2.27. The molecule has 0 bridgehead atoms. The van der Waals surface area contributed by atoms with Crippen molar-refractivity contribution < 1.29 is 9.59 Å². The van der Waals surface area contributed by atoms with Gasteiger partial charge >= 0.3 is 0 Å². The Labute approximate surface area is 131 Å². The summed E-state index contributed by atoms with van der Waals surface area (Å²) in [6, 6.07) is -0.286. The van der Waals surface area contributed by atoms with Gasteiger partial charge in [0.05, 0.1) is 17.3 Å². The first kappa shape index (κ1) is 16.1. The molecule has 0 aliphatic rings. The van der Waals surface area contributed by atoms with E-state index in [9.17, 15) is 9.59 Å². The van der Waals surface area contributed by atoms with Crippen LogP contribution in [0.5, 0.6) is 0 Å². The van der Waals surface area contributed by atoms with Crippen molar-refractivity contribution in [3.05, 3.63) is 22.0 Å². The number of aryl methyl sites for hydroxylation is 1. The molecule has 0 aliphatic carbocycles. The molecule has 0 fully saturated rings. The first-order valence-corrected chi connectivity index (χ1v) is 7.54. The Morgan fingerprint density at radius 2 is 2.05 bits per heavy atom. The lowest BCUT2D eigenvalue weighted by molar-refractivity contribution is -0.122. The number of rotatable bonds is 5. The number of ketones is 1. The molecule has 0 aliphatic heterocycles. The lowest BCUT2D eigenvalue weighted by Gasteiger charge is -2.11. The highest BCUT2D eigenvalue weighted by Crippen LogP contribution is 2.19. The minimum Gasteiger partial charge on any atom is -0.374 e. The fourth-order valence-corrected chi connectivity index (χ4v) is 2.88. The van der Waals surface area contributed by atoms with Gasteiger partial charge in [0.2, 0.25) is 11.0 Å². The summed E-state index contributed by atoms with van der Waals surface area (Å²) in [5.41, 5.74) is 7.41. The van der Waals surface area contributed by atoms with Gasteiger partial charge < -0.3 is 11.1 Å². The zero-order valence-electron chi connectivity index (χ0n) is 12.9. The number of Topliss-reactive ketones (excluding diaryl/α,β-unsaturated/α-hetero) is 1. The number of aromatic nitrogens is 4. The minimum absolute atomic E-state index is 0.0403. The number of amides is 1. The van der Waals surface area contributed by atoms with E-state index in [0.29, 0.717) is 27.1 Å². The zero-order valence-corrected chi connectivity index (χ0v) is 13.7. The molecule has 2 aromatic rings. The molecule has 1 unspecified atom stereocenters. The first-order valence-electron chi connectivity index (χ1n) is 6.72. The summed E-state index contributed by atoms with van der Waals surface area (Å²) in [5.74, 6) is -0.277. The summed E-state index contributed by atoms with van der Waals surface area (Å²) >= 11 is 1.23. The maximum absolute atomic E-state index is 12.1. The van der Waals surface area contributed by atoms with Crippen molar-refractivity contribution in [3.63, 3.8) is 0 Å². The van der Waals surface area contributed by atoms with Crippen LogP contribution in [0.15, 0.2) is 0 Å². The molecular formula is C13H18N6O2S. The molecule has 0 spiro atoms. The monoisotopic (exact) mass is 322 g/mol. The summed E-state index contributed by atoms with van der Waals surface area (Å²) in [6.07, 6.45) is 0. The van der Waals surface area contributed by atoms with Crippen LogP contribution in [0.2, 0.25) is 0 Å². The third-order valence-corrected chi connectivity index (χ3v) is 4.17. The highest BCUT2D eigenvalue weighted by molar-refractivity contribution is 7.15. The van der Waals surface area contributed by atoms with Crippen LogP contribution in [0, 0.1) is 13.8 Å². The predicted octanol–water partition coefficient (Wildman–Crippen LogP) is 1.01. The van der Waals surface area contributed by atoms with E-state index in [0.717, 1.165) is 0 Å². The lowest BCUT2D eigenvalue weighted by Crippen LogP contribution is -2.30. The summed E-state index contributed by atoms with van der Waals surface area (Å²) in [6.45, 7) is 6.87. The Kier molecular flexibility index (Phi) is 4.55. The van der Waals surface area contributed by atoms with Gasteiger partial charge in [-0.15, -0.1) is 10.2 Å². The Balaban J connectivity index is 2.06. The first-order chi connectivity index (χ1) is 10.3. The molecule has 2 aromatic heterocycles. The Hall–Kier alpha value is -2.29. The Morgan fingerprint density at radius 1 is 1.36 bits per heavy atom. The van der Waals surface area contributed by atoms with Gasteiger partial charge in [-0.1, -0.05) is 11.3 Å². The summed E-state index contributed by atoms with van der Waals surface area (Å²) in [7, 11) is 0. The van der Waals surface area contributed by atoms with Gasteiger partial charge in [-0.3, -0.25) is 14.3 Å². The van der Waals surface area contributed by atoms with Crippen LogP contribution in [0.3, 0.4) is 0 Å². The molecule has 118 valence electrons. The second-order valence-electron chi connectivity index (χ2n) is 5.03. The molecule has 0 saturated heterocycles. The SMILES string of the molecule is CC(=O)c1c(C)nn(CC(=O)NC(C)c2nnc(N)s2)c1C. The van der Waals surface area contributed by atoms with Crippen molar-refractivity contribution in [1.82, 2.24) is 25.3 Å². The summed E-state index contributed by atoms with van der Waals surface area (Å²) in [5, 5.41) is 15.7. The van der Waals surface area contributed by atoms with Crippen LogP contribution >= 0.6 is 11.3 Å². The van der Waals surface area contributed by atoms with Gasteiger partial charge in [0, 0.05) is 5.69 Å². The van der Waals surface area contributed by atoms with E-state index < -0.39 is 0 Å². The molecule has 2 heterocycles. The van der Waals surface area contributed by atoms with Crippen molar-refractivity contribution in [2.45, 2.75) is 40.3 Å². The van der Waals surface area contributed by atoms with Gasteiger partial charge in [-0.05, 0) is 27.7 Å². The van der Waals surface area contributed by atoms with Crippen LogP contribution in [0.4, 0.5) is 5.13 Å². The van der Waals surface area contributed by atoms with Crippen LogP contribution in [-0.2, 0) is 11.3 Å². The number of carbonyl (C=O) groups is 2. The van der Waals surface area contributed by atoms with E-state index in [4.69, 9.17) is 5.73 Å². The van der Waals surface area contributed by atoms with Crippen molar-refractivity contribution in [3.8, 4) is 0 Å². The van der Waals surface area contributed by atoms with E-state index in [1.54, 1.807) is 20.8 Å². The van der Waals surface area contributed by atoms with Gasteiger partial charge in [0.1, 0.15) is 11.6 Å². The van der Waals surface area contributed by atoms with E-state index in [2.05, 4.69) is 20.6 Å². The molecule has 0 radical (unpaired) electrons. The standard InChI is InChI=1S/C13H18N6O2S/c1-6-11(9(4)20)8(3)19(18-6)5-10(21)15-7(2)12-16-17-13(14)22-12/h7H,5H2,1-4H3,(H2,14,17)(H,15,21). The fraction of sp³-hybridized carbons (Fsp3) is 0.462. The summed E-state index contributed by atoms with van der Waals surface area (Å²) in [4.78, 5) is 23.7. The van der Waals surface area contributed by atoms with Gasteiger partial charge in [0.25, 0.3) is 0 Å². The summed E-state index contributed by atoms with van der Waals surface area (Å²) < 4.78 is 1.53. The van der Waals surface area contributed by atoms with Crippen LogP contribution in [0.1, 0.15) is 46.6 Å². The van der Waals surface area contributed by atoms with Crippen molar-refractivity contribution in [2.75, 3.05) is 5.73 Å². The number of nitrogens with zero attached hydrogens (tertiary/aromatic N) is 4. The number of hydrogen-bond donors (Lipinski definition) is 2. The average Bonchev–Trinajstić information content (AvgIpc) is 2.94. The molecule has 22 heavy (non-hydrogen) atoms. The molecule has 2 rings (SSSR count). The second-order valence-corrected chi connectivity index (χ2v) is 6.07. The molecule has 8 nitrogen and oxygen atoms in total. The number of nitrogen functional groups attached to an aromatic ring is 1. The normalized spacial score (nSPS) is 12.2. The molecule has 0 saturated carbocycles. The third-order valence-electron chi connectivity index (χ3n) is 3.23. The van der Waals surface area contributed by atoms with Gasteiger partial charge in [-0.2, -0.15) is 5.10 Å². The van der Waals surface area contributed by atoms with Crippen LogP contribution < -0.4 is 11.1 Å². The third kappa shape index (κ3) is 3.30. The van der Waals surface area contributed by atoms with Crippen molar-refractivity contribution in [2.24, 2.45) is 0 Å². The van der Waals surface area contributed by atoms with Crippen LogP contribution in [0.25, 0.3) is 0 Å². The smallest absolute Gasteiger partial charge is 0.242 e. The number of carbonyl (C=O) groups excluding carboxylic acids is 2. The highest BCUT2D eigenvalue weighted by Gasteiger charge is 2.18. The van der Waals surface area contributed by atoms with Gasteiger partial charge in [0.15, 0.2) is 5.78 Å². The maximum Gasteiger partial charge on any atom is 0.242 e. The van der Waals surface area contributed by atoms with Crippen molar-refractivity contribution in [1.29, 1.82) is 0 Å². The molecule has 9 heteroatoms. The van der Waals surface area contributed by atoms with E-state index in [1.807, 2.05) is 0 Å². The average molecular weight is 322 g/mol. The number of nitrogens with one attached hydrogen (secondary N) is 1. The Bertz CT molecular complexity index is 720. The molecular weight excluding hydrogens is 304 g/mol. The minimum atomic E-state index is -0.286. The van der Waals surface area contributed by atoms with Crippen molar-refractivity contribution >= 4 is 28.2 Å². The van der Waals surface area contributed by atoms with E-state index in [-0.39, 0.29) is 24.3 Å². The Morgan fingerprint density at radius 3 is 2.55 bits per heavy atom. The number of nitrogens with two attached hydrogens (primary N) is 1. The number of hydrogen-bond acceptors (Lipinski definition) is 7. The topological polar surface area (TPSA) is 116 Å². The van der Waals surface area contributed by atoms with Crippen LogP contribution in [-0.4, -0.2) is 31.7 Å². The molecule has 1 amide bonds. The molecule has 3 N–H and O–H groups in total. The zero-order chi connectivity index (χ0) is 16.4. The quantitative estimate of drug-likeness (QED) is 0.794. The lowest BCUT2D eigenvalue weighted by atomic mass is 10.1. The number of anilines is 1. The maximum atomic E-state index is 12.1. The largest absolute Gasteiger partial charge is 0.374 e. The predicted molar refractivity (Wildman–Crippen MR) is 82.6 cm³/mol. The molecule has 1 atom stereocenters. The second kappa shape index (κ2) is 6.22. The van der Waals surface area contributed by atoms with Gasteiger partial charge in [-0.25, -0.2) is 0 Å². The highest BCUT2D eigenvalue weighted by atomic mass is 32.1. The molecule has 0 aromatic carbocycles.